The van der Waals surface area contributed by atoms with Crippen molar-refractivity contribution < 1.29 is 9.32 Å². The van der Waals surface area contributed by atoms with Gasteiger partial charge in [0.25, 0.3) is 11.4 Å². The molecule has 0 unspecified atom stereocenters. The van der Waals surface area contributed by atoms with E-state index in [1.165, 1.54) is 30.1 Å². The largest absolute Gasteiger partial charge is 0.334 e. The Bertz CT molecular complexity index is 1000. The van der Waals surface area contributed by atoms with Crippen LogP contribution in [0.15, 0.2) is 27.6 Å². The first-order chi connectivity index (χ1) is 11.9. The van der Waals surface area contributed by atoms with E-state index in [4.69, 9.17) is 27.7 Å². The van der Waals surface area contributed by atoms with Crippen LogP contribution >= 0.6 is 23.2 Å². The molecule has 3 aromatic rings. The minimum Gasteiger partial charge on any atom is -0.334 e. The fraction of sp³-hybridized carbons (Fsp3) is 0.250. The van der Waals surface area contributed by atoms with Crippen molar-refractivity contribution in [1.29, 1.82) is 0 Å². The lowest BCUT2D eigenvalue weighted by atomic mass is 10.0. The zero-order valence-corrected chi connectivity index (χ0v) is 15.0. The lowest BCUT2D eigenvalue weighted by molar-refractivity contribution is 0.103. The maximum absolute atomic E-state index is 12.7. The number of nitrogens with zero attached hydrogens (tertiary/aromatic N) is 3. The molecule has 1 aromatic carbocycles. The van der Waals surface area contributed by atoms with E-state index < -0.39 is 11.3 Å². The molecule has 1 N–H and O–H groups in total. The third-order valence-corrected chi connectivity index (χ3v) is 4.38. The summed E-state index contributed by atoms with van der Waals surface area (Å²) >= 11 is 12.6. The van der Waals surface area contributed by atoms with Crippen LogP contribution in [0, 0.1) is 0 Å². The molecule has 0 saturated carbocycles. The number of benzene rings is 1. The van der Waals surface area contributed by atoms with Crippen molar-refractivity contribution in [3.05, 3.63) is 55.7 Å². The number of aromatic amines is 1. The molecular formula is C16H14Cl2N4O3. The summed E-state index contributed by atoms with van der Waals surface area (Å²) in [6.07, 6.45) is 2.84. The van der Waals surface area contributed by atoms with Gasteiger partial charge in [-0.3, -0.25) is 14.3 Å². The zero-order chi connectivity index (χ0) is 18.1. The summed E-state index contributed by atoms with van der Waals surface area (Å²) in [6.45, 7) is 1.99. The second-order valence-electron chi connectivity index (χ2n) is 5.43. The summed E-state index contributed by atoms with van der Waals surface area (Å²) in [7, 11) is 1.52. The predicted molar refractivity (Wildman–Crippen MR) is 93.2 cm³/mol. The van der Waals surface area contributed by atoms with E-state index in [1.807, 2.05) is 6.92 Å². The highest BCUT2D eigenvalue weighted by atomic mass is 35.5. The van der Waals surface area contributed by atoms with E-state index in [0.29, 0.717) is 12.2 Å². The Balaban J connectivity index is 2.09. The van der Waals surface area contributed by atoms with Crippen molar-refractivity contribution in [2.45, 2.75) is 19.8 Å². The minimum absolute atomic E-state index is 0.0186. The number of hydrogen-bond donors (Lipinski definition) is 1. The summed E-state index contributed by atoms with van der Waals surface area (Å²) in [4.78, 5) is 28.9. The van der Waals surface area contributed by atoms with E-state index >= 15 is 0 Å². The summed E-state index contributed by atoms with van der Waals surface area (Å²) in [5.41, 5.74) is -0.0557. The van der Waals surface area contributed by atoms with Gasteiger partial charge in [-0.05, 0) is 18.6 Å². The maximum Gasteiger partial charge on any atom is 0.277 e. The first kappa shape index (κ1) is 17.4. The summed E-state index contributed by atoms with van der Waals surface area (Å²) in [5.74, 6) is 0.147. The standard InChI is InChI=1S/C16H14Cl2N4O3/c1-3-4-11-20-15(25-21-11)12-10(17)6-5-8(13(12)18)14(23)9-7-19-22(2)16(9)24/h5-7,19H,3-4H2,1-2H3. The molecule has 0 aliphatic rings. The quantitative estimate of drug-likeness (QED) is 0.685. The van der Waals surface area contributed by atoms with Crippen molar-refractivity contribution in [2.24, 2.45) is 7.05 Å². The second kappa shape index (κ2) is 6.85. The number of H-pyrrole nitrogens is 1. The van der Waals surface area contributed by atoms with Crippen molar-refractivity contribution in [3.8, 4) is 11.5 Å². The van der Waals surface area contributed by atoms with Gasteiger partial charge in [0.05, 0.1) is 15.6 Å². The molecule has 0 aliphatic carbocycles. The number of aryl methyl sites for hydroxylation is 2. The van der Waals surface area contributed by atoms with Crippen molar-refractivity contribution in [1.82, 2.24) is 19.9 Å². The van der Waals surface area contributed by atoms with E-state index in [-0.39, 0.29) is 32.6 Å². The summed E-state index contributed by atoms with van der Waals surface area (Å²) in [5, 5.41) is 6.86. The molecule has 0 amide bonds. The van der Waals surface area contributed by atoms with Crippen LogP contribution in [-0.2, 0) is 13.5 Å². The van der Waals surface area contributed by atoms with E-state index in [1.54, 1.807) is 0 Å². The number of halogens is 2. The highest BCUT2D eigenvalue weighted by molar-refractivity contribution is 6.41. The van der Waals surface area contributed by atoms with Gasteiger partial charge in [0.15, 0.2) is 5.82 Å². The van der Waals surface area contributed by atoms with Crippen molar-refractivity contribution in [3.63, 3.8) is 0 Å². The van der Waals surface area contributed by atoms with E-state index in [2.05, 4.69) is 15.2 Å². The molecule has 0 aliphatic heterocycles. The Morgan fingerprint density at radius 2 is 2.08 bits per heavy atom. The lowest BCUT2D eigenvalue weighted by Gasteiger charge is -2.07. The Kier molecular flexibility index (Phi) is 4.78. The molecule has 0 atom stereocenters. The third kappa shape index (κ3) is 3.12. The summed E-state index contributed by atoms with van der Waals surface area (Å²) < 4.78 is 6.42. The molecule has 130 valence electrons. The Morgan fingerprint density at radius 1 is 1.32 bits per heavy atom. The maximum atomic E-state index is 12.7. The molecule has 0 fully saturated rings. The van der Waals surface area contributed by atoms with Gasteiger partial charge in [0.1, 0.15) is 5.56 Å². The number of carbonyl (C=O) groups is 1. The number of ketones is 1. The molecule has 25 heavy (non-hydrogen) atoms. The molecule has 3 rings (SSSR count). The average Bonchev–Trinajstić information content (AvgIpc) is 3.15. The number of hydrogen-bond acceptors (Lipinski definition) is 5. The smallest absolute Gasteiger partial charge is 0.277 e. The van der Waals surface area contributed by atoms with Gasteiger partial charge in [-0.2, -0.15) is 4.98 Å². The van der Waals surface area contributed by atoms with Crippen LogP contribution in [0.25, 0.3) is 11.5 Å². The van der Waals surface area contributed by atoms with Crippen molar-refractivity contribution >= 4 is 29.0 Å². The third-order valence-electron chi connectivity index (χ3n) is 3.67. The first-order valence-electron chi connectivity index (χ1n) is 7.54. The number of aromatic nitrogens is 4. The van der Waals surface area contributed by atoms with Gasteiger partial charge in [0, 0.05) is 25.2 Å². The average molecular weight is 381 g/mol. The number of rotatable bonds is 5. The van der Waals surface area contributed by atoms with Crippen LogP contribution in [0.4, 0.5) is 0 Å². The Morgan fingerprint density at radius 3 is 2.72 bits per heavy atom. The molecule has 0 radical (unpaired) electrons. The zero-order valence-electron chi connectivity index (χ0n) is 13.5. The van der Waals surface area contributed by atoms with E-state index in [0.717, 1.165) is 6.42 Å². The molecular weight excluding hydrogens is 367 g/mol. The molecule has 9 heteroatoms. The normalized spacial score (nSPS) is 11.0. The highest BCUT2D eigenvalue weighted by Crippen LogP contribution is 2.36. The van der Waals surface area contributed by atoms with Gasteiger partial charge < -0.3 is 9.62 Å². The van der Waals surface area contributed by atoms with Gasteiger partial charge in [-0.1, -0.05) is 35.3 Å². The number of carbonyl (C=O) groups excluding carboxylic acids is 1. The fourth-order valence-corrected chi connectivity index (χ4v) is 2.99. The van der Waals surface area contributed by atoms with Crippen molar-refractivity contribution in [2.75, 3.05) is 0 Å². The van der Waals surface area contributed by atoms with Crippen LogP contribution in [0.1, 0.15) is 35.1 Å². The SMILES string of the molecule is CCCc1noc(-c2c(Cl)ccc(C(=O)c3c[nH]n(C)c3=O)c2Cl)n1. The van der Waals surface area contributed by atoms with Crippen LogP contribution in [0.5, 0.6) is 0 Å². The Labute approximate surface area is 152 Å². The lowest BCUT2D eigenvalue weighted by Crippen LogP contribution is -2.19. The van der Waals surface area contributed by atoms with Crippen LogP contribution in [-0.4, -0.2) is 25.7 Å². The first-order valence-corrected chi connectivity index (χ1v) is 8.29. The monoisotopic (exact) mass is 380 g/mol. The fourth-order valence-electron chi connectivity index (χ4n) is 2.37. The molecule has 0 bridgehead atoms. The van der Waals surface area contributed by atoms with Gasteiger partial charge in [0.2, 0.25) is 5.78 Å². The molecule has 0 saturated heterocycles. The van der Waals surface area contributed by atoms with Crippen LogP contribution in [0.2, 0.25) is 10.0 Å². The van der Waals surface area contributed by atoms with Crippen LogP contribution < -0.4 is 5.56 Å². The van der Waals surface area contributed by atoms with E-state index in [9.17, 15) is 9.59 Å². The number of nitrogens with one attached hydrogen (secondary N) is 1. The van der Waals surface area contributed by atoms with Crippen LogP contribution in [0.3, 0.4) is 0 Å². The van der Waals surface area contributed by atoms with Gasteiger partial charge in [-0.15, -0.1) is 0 Å². The molecule has 0 spiro atoms. The highest BCUT2D eigenvalue weighted by Gasteiger charge is 2.24. The minimum atomic E-state index is -0.516. The van der Waals surface area contributed by atoms with Gasteiger partial charge >= 0.3 is 0 Å². The molecule has 2 heterocycles. The molecule has 7 nitrogen and oxygen atoms in total. The Hall–Kier alpha value is -2.38. The topological polar surface area (TPSA) is 93.8 Å². The summed E-state index contributed by atoms with van der Waals surface area (Å²) in [6, 6.07) is 2.98. The molecule has 2 aromatic heterocycles. The predicted octanol–water partition coefficient (Wildman–Crippen LogP) is 3.25. The van der Waals surface area contributed by atoms with Gasteiger partial charge in [-0.25, -0.2) is 0 Å². The second-order valence-corrected chi connectivity index (χ2v) is 6.22.